The van der Waals surface area contributed by atoms with E-state index in [9.17, 15) is 0 Å². The molecule has 0 saturated carbocycles. The van der Waals surface area contributed by atoms with E-state index in [0.717, 1.165) is 5.56 Å². The molecule has 0 atom stereocenters. The molecule has 14 heavy (non-hydrogen) atoms. The maximum absolute atomic E-state index is 5.30. The zero-order valence-corrected chi connectivity index (χ0v) is 9.32. The molecule has 2 nitrogen and oxygen atoms in total. The minimum absolute atomic E-state index is 0.0232. The lowest BCUT2D eigenvalue weighted by atomic mass is 10.1. The summed E-state index contributed by atoms with van der Waals surface area (Å²) in [5, 5.41) is 0. The predicted molar refractivity (Wildman–Crippen MR) is 58.6 cm³/mol. The average Bonchev–Trinajstić information content (AvgIpc) is 2.14. The molecular weight excluding hydrogens is 174 g/mol. The smallest absolute Gasteiger partial charge is 0.223 e. The first-order valence-corrected chi connectivity index (χ1v) is 4.77. The van der Waals surface area contributed by atoms with Crippen molar-refractivity contribution in [2.24, 2.45) is 0 Å². The third-order valence-electron chi connectivity index (χ3n) is 1.92. The summed E-state index contributed by atoms with van der Waals surface area (Å²) in [6.07, 6.45) is 2.00. The molecule has 2 heteroatoms. The van der Waals surface area contributed by atoms with Gasteiger partial charge < -0.3 is 0 Å². The van der Waals surface area contributed by atoms with Crippen LogP contribution in [0.3, 0.4) is 0 Å². The molecule has 0 unspecified atom stereocenters. The van der Waals surface area contributed by atoms with Crippen molar-refractivity contribution in [3.05, 3.63) is 35.9 Å². The van der Waals surface area contributed by atoms with Gasteiger partial charge in [0, 0.05) is 26.3 Å². The minimum atomic E-state index is -0.0232. The first-order valence-electron chi connectivity index (χ1n) is 4.77. The van der Waals surface area contributed by atoms with Gasteiger partial charge in [-0.25, -0.2) is 0 Å². The molecule has 0 aromatic heterocycles. The Hall–Kier alpha value is -1.31. The number of rotatable bonds is 2. The lowest BCUT2D eigenvalue weighted by Gasteiger charge is -2.13. The van der Waals surface area contributed by atoms with Crippen molar-refractivity contribution in [2.75, 3.05) is 7.11 Å². The van der Waals surface area contributed by atoms with E-state index in [4.69, 9.17) is 4.84 Å². The quantitative estimate of drug-likeness (QED) is 0.398. The Labute approximate surface area is 85.8 Å². The molecule has 0 aliphatic heterocycles. The Bertz CT molecular complexity index is 309. The van der Waals surface area contributed by atoms with E-state index < -0.39 is 0 Å². The van der Waals surface area contributed by atoms with Crippen molar-refractivity contribution in [3.8, 4) is 0 Å². The molecule has 0 aliphatic rings. The van der Waals surface area contributed by atoms with E-state index in [1.54, 1.807) is 7.11 Å². The highest BCUT2D eigenvalue weighted by Gasteiger charge is 2.25. The fraction of sp³-hybridized carbons (Fsp3) is 0.417. The van der Waals surface area contributed by atoms with Crippen LogP contribution in [0.25, 0.3) is 0 Å². The van der Waals surface area contributed by atoms with Gasteiger partial charge in [-0.1, -0.05) is 18.2 Å². The summed E-state index contributed by atoms with van der Waals surface area (Å²) in [6, 6.07) is 10.1. The normalized spacial score (nSPS) is 12.7. The van der Waals surface area contributed by atoms with E-state index in [0.29, 0.717) is 0 Å². The molecule has 1 rings (SSSR count). The van der Waals surface area contributed by atoms with Gasteiger partial charge in [0.1, 0.15) is 7.11 Å². The molecule has 1 aromatic carbocycles. The highest BCUT2D eigenvalue weighted by molar-refractivity contribution is 5.75. The lowest BCUT2D eigenvalue weighted by Crippen LogP contribution is -2.33. The van der Waals surface area contributed by atoms with Crippen molar-refractivity contribution in [3.63, 3.8) is 0 Å². The summed E-state index contributed by atoms with van der Waals surface area (Å²) in [6.45, 7) is 6.32. The van der Waals surface area contributed by atoms with Gasteiger partial charge in [-0.2, -0.15) is 0 Å². The fourth-order valence-electron chi connectivity index (χ4n) is 1.19. The number of hydrogen-bond donors (Lipinski definition) is 0. The lowest BCUT2D eigenvalue weighted by molar-refractivity contribution is -0.821. The second-order valence-electron chi connectivity index (χ2n) is 4.22. The number of nitrogens with zero attached hydrogens (tertiary/aromatic N) is 1. The van der Waals surface area contributed by atoms with Crippen molar-refractivity contribution >= 4 is 6.21 Å². The Morgan fingerprint density at radius 2 is 1.71 bits per heavy atom. The number of benzene rings is 1. The van der Waals surface area contributed by atoms with Crippen LogP contribution in [0.15, 0.2) is 30.3 Å². The minimum Gasteiger partial charge on any atom is -0.280 e. The topological polar surface area (TPSA) is 12.2 Å². The van der Waals surface area contributed by atoms with Crippen molar-refractivity contribution in [1.29, 1.82) is 0 Å². The summed E-state index contributed by atoms with van der Waals surface area (Å²) in [4.78, 5) is 5.30. The average molecular weight is 192 g/mol. The van der Waals surface area contributed by atoms with Gasteiger partial charge >= 0.3 is 0 Å². The molecule has 0 radical (unpaired) electrons. The summed E-state index contributed by atoms with van der Waals surface area (Å²) in [5.41, 5.74) is 1.12. The molecule has 76 valence electrons. The molecule has 0 fully saturated rings. The number of hydrogen-bond acceptors (Lipinski definition) is 1. The van der Waals surface area contributed by atoms with E-state index >= 15 is 0 Å². The van der Waals surface area contributed by atoms with Crippen LogP contribution < -0.4 is 0 Å². The molecule has 1 aromatic rings. The Balaban J connectivity index is 2.96. The summed E-state index contributed by atoms with van der Waals surface area (Å²) < 4.78 is 1.85. The van der Waals surface area contributed by atoms with E-state index in [2.05, 4.69) is 32.9 Å². The monoisotopic (exact) mass is 192 g/mol. The zero-order chi connectivity index (χ0) is 10.6. The second-order valence-corrected chi connectivity index (χ2v) is 4.22. The van der Waals surface area contributed by atoms with E-state index in [-0.39, 0.29) is 5.54 Å². The van der Waals surface area contributed by atoms with Gasteiger partial charge in [0.15, 0.2) is 0 Å². The Kier molecular flexibility index (Phi) is 3.28. The van der Waals surface area contributed by atoms with Crippen LogP contribution in [0.5, 0.6) is 0 Å². The largest absolute Gasteiger partial charge is 0.280 e. The molecule has 0 bridgehead atoms. The molecular formula is C12H18NO+. The van der Waals surface area contributed by atoms with Gasteiger partial charge in [0.05, 0.1) is 0 Å². The van der Waals surface area contributed by atoms with Gasteiger partial charge in [0.25, 0.3) is 0 Å². The van der Waals surface area contributed by atoms with E-state index in [1.165, 1.54) is 0 Å². The Morgan fingerprint density at radius 3 is 2.14 bits per heavy atom. The third kappa shape index (κ3) is 2.87. The Morgan fingerprint density at radius 1 is 1.14 bits per heavy atom. The summed E-state index contributed by atoms with van der Waals surface area (Å²) in [7, 11) is 1.69. The van der Waals surface area contributed by atoms with Gasteiger partial charge in [0.2, 0.25) is 11.8 Å². The van der Waals surface area contributed by atoms with Crippen LogP contribution >= 0.6 is 0 Å². The zero-order valence-electron chi connectivity index (χ0n) is 9.32. The highest BCUT2D eigenvalue weighted by Crippen LogP contribution is 2.07. The first-order chi connectivity index (χ1) is 6.54. The molecule has 0 amide bonds. The SMILES string of the molecule is CO/[N+](=C\c1ccccc1)C(C)(C)C. The summed E-state index contributed by atoms with van der Waals surface area (Å²) in [5.74, 6) is 0. The third-order valence-corrected chi connectivity index (χ3v) is 1.92. The van der Waals surface area contributed by atoms with Crippen LogP contribution in [-0.4, -0.2) is 23.6 Å². The number of hydroxylamine groups is 1. The highest BCUT2D eigenvalue weighted by atomic mass is 16.7. The fourth-order valence-corrected chi connectivity index (χ4v) is 1.19. The first kappa shape index (κ1) is 10.8. The standard InChI is InChI=1S/C12H18NO/c1-12(2,3)13(14-4)10-11-8-6-5-7-9-11/h5-10H,1-4H3/q+1/b13-10-. The van der Waals surface area contributed by atoms with Crippen LogP contribution in [-0.2, 0) is 4.84 Å². The van der Waals surface area contributed by atoms with E-state index in [1.807, 2.05) is 29.2 Å². The molecule has 0 N–H and O–H groups in total. The maximum Gasteiger partial charge on any atom is 0.223 e. The van der Waals surface area contributed by atoms with Crippen LogP contribution in [0.1, 0.15) is 26.3 Å². The van der Waals surface area contributed by atoms with Crippen LogP contribution in [0.4, 0.5) is 0 Å². The summed E-state index contributed by atoms with van der Waals surface area (Å²) >= 11 is 0. The molecule has 0 spiro atoms. The van der Waals surface area contributed by atoms with Crippen molar-refractivity contribution in [1.82, 2.24) is 0 Å². The van der Waals surface area contributed by atoms with Gasteiger partial charge in [-0.3, -0.25) is 4.84 Å². The maximum atomic E-state index is 5.30. The van der Waals surface area contributed by atoms with Gasteiger partial charge in [-0.15, -0.1) is 0 Å². The second kappa shape index (κ2) is 4.27. The van der Waals surface area contributed by atoms with Crippen LogP contribution in [0.2, 0.25) is 0 Å². The molecule has 0 saturated heterocycles. The predicted octanol–water partition coefficient (Wildman–Crippen LogP) is 2.48. The van der Waals surface area contributed by atoms with Crippen LogP contribution in [0, 0.1) is 0 Å². The van der Waals surface area contributed by atoms with Gasteiger partial charge in [-0.05, 0) is 16.9 Å². The van der Waals surface area contributed by atoms with Crippen molar-refractivity contribution in [2.45, 2.75) is 26.3 Å². The molecule has 0 heterocycles. The molecule has 0 aliphatic carbocycles. The van der Waals surface area contributed by atoms with Crippen molar-refractivity contribution < 1.29 is 9.58 Å².